The minimum atomic E-state index is -4.23. The van der Waals surface area contributed by atoms with Crippen molar-refractivity contribution in [3.8, 4) is 0 Å². The SMILES string of the molecule is CC(C)c1ccc(C(F)(F)F)cc1.CCC.Cc1cc(C)nc(C)c1. The average Bonchev–Trinajstić information content (AvgIpc) is 2.46. The number of halogens is 3. The predicted octanol–water partition coefficient (Wildman–Crippen LogP) is 7.25. The molecule has 0 atom stereocenters. The van der Waals surface area contributed by atoms with Crippen molar-refractivity contribution in [3.05, 3.63) is 64.5 Å². The zero-order valence-corrected chi connectivity index (χ0v) is 16.3. The highest BCUT2D eigenvalue weighted by atomic mass is 19.4. The van der Waals surface area contributed by atoms with Gasteiger partial charge in [-0.25, -0.2) is 0 Å². The molecule has 2 aromatic rings. The molecular formula is C21H30F3N. The molecule has 0 saturated heterocycles. The van der Waals surface area contributed by atoms with Crippen LogP contribution in [0, 0.1) is 20.8 Å². The second-order valence-electron chi connectivity index (χ2n) is 6.41. The van der Waals surface area contributed by atoms with Crippen LogP contribution in [-0.4, -0.2) is 4.98 Å². The smallest absolute Gasteiger partial charge is 0.258 e. The molecule has 2 rings (SSSR count). The molecule has 140 valence electrons. The molecule has 1 heterocycles. The van der Waals surface area contributed by atoms with Gasteiger partial charge in [0.05, 0.1) is 5.56 Å². The Morgan fingerprint density at radius 2 is 1.28 bits per heavy atom. The summed E-state index contributed by atoms with van der Waals surface area (Å²) in [4.78, 5) is 4.23. The number of nitrogens with zero attached hydrogens (tertiary/aromatic N) is 1. The largest absolute Gasteiger partial charge is 0.416 e. The van der Waals surface area contributed by atoms with Crippen molar-refractivity contribution in [3.63, 3.8) is 0 Å². The standard InChI is InChI=1S/C10H11F3.C8H11N.C3H8/c1-7(2)8-3-5-9(6-4-8)10(11,12)13;1-6-4-7(2)9-8(3)5-6;1-3-2/h3-7H,1-2H3;4-5H,1-3H3;3H2,1-2H3. The Labute approximate surface area is 150 Å². The molecule has 1 nitrogen and oxygen atoms in total. The van der Waals surface area contributed by atoms with Gasteiger partial charge in [0.25, 0.3) is 0 Å². The van der Waals surface area contributed by atoms with Gasteiger partial charge in [-0.3, -0.25) is 4.98 Å². The highest BCUT2D eigenvalue weighted by Gasteiger charge is 2.29. The van der Waals surface area contributed by atoms with Crippen LogP contribution in [0.5, 0.6) is 0 Å². The summed E-state index contributed by atoms with van der Waals surface area (Å²) in [5.74, 6) is 0.266. The normalized spacial score (nSPS) is 10.5. The average molecular weight is 353 g/mol. The van der Waals surface area contributed by atoms with Crippen LogP contribution in [0.15, 0.2) is 36.4 Å². The molecule has 25 heavy (non-hydrogen) atoms. The van der Waals surface area contributed by atoms with Crippen LogP contribution in [0.4, 0.5) is 13.2 Å². The minimum Gasteiger partial charge on any atom is -0.258 e. The topological polar surface area (TPSA) is 12.9 Å². The van der Waals surface area contributed by atoms with Crippen molar-refractivity contribution >= 4 is 0 Å². The first-order chi connectivity index (χ1) is 11.5. The zero-order valence-electron chi connectivity index (χ0n) is 16.3. The van der Waals surface area contributed by atoms with Crippen molar-refractivity contribution < 1.29 is 13.2 Å². The Bertz CT molecular complexity index is 564. The van der Waals surface area contributed by atoms with Crippen molar-refractivity contribution in [2.24, 2.45) is 0 Å². The van der Waals surface area contributed by atoms with E-state index in [-0.39, 0.29) is 5.92 Å². The van der Waals surface area contributed by atoms with Crippen LogP contribution < -0.4 is 0 Å². The van der Waals surface area contributed by atoms with E-state index in [1.165, 1.54) is 24.1 Å². The lowest BCUT2D eigenvalue weighted by atomic mass is 10.0. The number of alkyl halides is 3. The van der Waals surface area contributed by atoms with Crippen LogP contribution in [0.3, 0.4) is 0 Å². The van der Waals surface area contributed by atoms with Gasteiger partial charge in [-0.1, -0.05) is 46.2 Å². The number of hydrogen-bond donors (Lipinski definition) is 0. The fourth-order valence-corrected chi connectivity index (χ4v) is 2.10. The van der Waals surface area contributed by atoms with E-state index in [9.17, 15) is 13.2 Å². The van der Waals surface area contributed by atoms with Gasteiger partial charge in [0.15, 0.2) is 0 Å². The summed E-state index contributed by atoms with van der Waals surface area (Å²) >= 11 is 0. The molecular weight excluding hydrogens is 323 g/mol. The van der Waals surface area contributed by atoms with E-state index in [0.717, 1.165) is 29.1 Å². The van der Waals surface area contributed by atoms with E-state index < -0.39 is 11.7 Å². The molecule has 0 saturated carbocycles. The Balaban J connectivity index is 0.000000417. The van der Waals surface area contributed by atoms with Gasteiger partial charge in [-0.05, 0) is 62.1 Å². The van der Waals surface area contributed by atoms with Gasteiger partial charge in [0.1, 0.15) is 0 Å². The van der Waals surface area contributed by atoms with Crippen LogP contribution in [-0.2, 0) is 6.18 Å². The third kappa shape index (κ3) is 9.90. The van der Waals surface area contributed by atoms with Crippen LogP contribution in [0.2, 0.25) is 0 Å². The summed E-state index contributed by atoms with van der Waals surface area (Å²) in [6.45, 7) is 14.3. The predicted molar refractivity (Wildman–Crippen MR) is 99.9 cm³/mol. The van der Waals surface area contributed by atoms with E-state index >= 15 is 0 Å². The number of aryl methyl sites for hydroxylation is 3. The summed E-state index contributed by atoms with van der Waals surface area (Å²) < 4.78 is 36.4. The lowest BCUT2D eigenvalue weighted by molar-refractivity contribution is -0.137. The van der Waals surface area contributed by atoms with E-state index in [4.69, 9.17) is 0 Å². The van der Waals surface area contributed by atoms with E-state index in [2.05, 4.69) is 37.9 Å². The molecule has 0 unspecified atom stereocenters. The maximum atomic E-state index is 12.1. The van der Waals surface area contributed by atoms with Crippen molar-refractivity contribution in [1.29, 1.82) is 0 Å². The summed E-state index contributed by atoms with van der Waals surface area (Å²) in [5.41, 5.74) is 3.84. The Kier molecular flexibility index (Phi) is 10.1. The minimum absolute atomic E-state index is 0.266. The lowest BCUT2D eigenvalue weighted by Gasteiger charge is -2.09. The molecule has 0 radical (unpaired) electrons. The van der Waals surface area contributed by atoms with Gasteiger partial charge in [0, 0.05) is 11.4 Å². The summed E-state index contributed by atoms with van der Waals surface area (Å²) in [6.07, 6.45) is -2.98. The molecule has 0 spiro atoms. The van der Waals surface area contributed by atoms with Crippen LogP contribution in [0.25, 0.3) is 0 Å². The summed E-state index contributed by atoms with van der Waals surface area (Å²) in [7, 11) is 0. The summed E-state index contributed by atoms with van der Waals surface area (Å²) in [6, 6.07) is 9.44. The van der Waals surface area contributed by atoms with Gasteiger partial charge in [0.2, 0.25) is 0 Å². The second kappa shape index (κ2) is 10.9. The molecule has 0 aliphatic rings. The lowest BCUT2D eigenvalue weighted by Crippen LogP contribution is -2.04. The number of pyridine rings is 1. The molecule has 0 bridgehead atoms. The van der Waals surface area contributed by atoms with Crippen molar-refractivity contribution in [2.45, 2.75) is 67.0 Å². The third-order valence-corrected chi connectivity index (χ3v) is 3.13. The highest BCUT2D eigenvalue weighted by molar-refractivity contribution is 5.26. The first-order valence-corrected chi connectivity index (χ1v) is 8.60. The molecule has 1 aromatic heterocycles. The number of benzene rings is 1. The Morgan fingerprint density at radius 1 is 0.880 bits per heavy atom. The molecule has 1 aromatic carbocycles. The quantitative estimate of drug-likeness (QED) is 0.526. The Morgan fingerprint density at radius 3 is 1.56 bits per heavy atom. The van der Waals surface area contributed by atoms with Crippen LogP contribution >= 0.6 is 0 Å². The molecule has 0 fully saturated rings. The summed E-state index contributed by atoms with van der Waals surface area (Å²) in [5, 5.41) is 0. The second-order valence-corrected chi connectivity index (χ2v) is 6.41. The van der Waals surface area contributed by atoms with Crippen molar-refractivity contribution in [2.75, 3.05) is 0 Å². The van der Waals surface area contributed by atoms with Gasteiger partial charge >= 0.3 is 6.18 Å². The monoisotopic (exact) mass is 353 g/mol. The number of aromatic nitrogens is 1. The molecule has 0 aliphatic heterocycles. The third-order valence-electron chi connectivity index (χ3n) is 3.13. The maximum Gasteiger partial charge on any atom is 0.416 e. The zero-order chi connectivity index (χ0) is 19.6. The van der Waals surface area contributed by atoms with Gasteiger partial charge in [-0.15, -0.1) is 0 Å². The molecule has 0 N–H and O–H groups in total. The van der Waals surface area contributed by atoms with Gasteiger partial charge in [-0.2, -0.15) is 13.2 Å². The molecule has 0 amide bonds. The van der Waals surface area contributed by atoms with E-state index in [1.54, 1.807) is 0 Å². The first kappa shape index (κ1) is 23.2. The Hall–Kier alpha value is -1.84. The molecule has 0 aliphatic carbocycles. The number of hydrogen-bond acceptors (Lipinski definition) is 1. The number of rotatable bonds is 1. The fraction of sp³-hybridized carbons (Fsp3) is 0.476. The van der Waals surface area contributed by atoms with Gasteiger partial charge < -0.3 is 0 Å². The van der Waals surface area contributed by atoms with Crippen molar-refractivity contribution in [1.82, 2.24) is 4.98 Å². The highest BCUT2D eigenvalue weighted by Crippen LogP contribution is 2.29. The van der Waals surface area contributed by atoms with E-state index in [1.807, 2.05) is 27.7 Å². The maximum absolute atomic E-state index is 12.1. The van der Waals surface area contributed by atoms with Crippen LogP contribution in [0.1, 0.15) is 68.1 Å². The fourth-order valence-electron chi connectivity index (χ4n) is 2.10. The van der Waals surface area contributed by atoms with E-state index in [0.29, 0.717) is 0 Å². The first-order valence-electron chi connectivity index (χ1n) is 8.60. The molecule has 4 heteroatoms.